The van der Waals surface area contributed by atoms with Gasteiger partial charge in [-0.3, -0.25) is 4.79 Å². The second kappa shape index (κ2) is 9.10. The van der Waals surface area contributed by atoms with Crippen molar-refractivity contribution >= 4 is 40.1 Å². The van der Waals surface area contributed by atoms with Crippen molar-refractivity contribution in [1.82, 2.24) is 0 Å². The number of allylic oxidation sites excluding steroid dienone is 1. The third-order valence-corrected chi connectivity index (χ3v) is 4.24. The smallest absolute Gasteiger partial charge is 0.255 e. The van der Waals surface area contributed by atoms with E-state index in [9.17, 15) is 10.1 Å². The average Bonchev–Trinajstić information content (AvgIpc) is 2.64. The molecule has 0 aromatic heterocycles. The van der Waals surface area contributed by atoms with E-state index in [1.165, 1.54) is 7.11 Å². The van der Waals surface area contributed by atoms with E-state index in [4.69, 9.17) is 19.9 Å². The van der Waals surface area contributed by atoms with Crippen molar-refractivity contribution < 1.29 is 19.0 Å². The van der Waals surface area contributed by atoms with Gasteiger partial charge in [0.05, 0.1) is 29.4 Å². The zero-order chi connectivity index (χ0) is 19.1. The van der Waals surface area contributed by atoms with E-state index in [1.54, 1.807) is 31.4 Å². The van der Waals surface area contributed by atoms with E-state index in [-0.39, 0.29) is 6.61 Å². The highest BCUT2D eigenvalue weighted by Gasteiger charge is 2.13. The Bertz CT molecular complexity index is 870. The molecule has 0 aliphatic heterocycles. The molecule has 7 heteroatoms. The summed E-state index contributed by atoms with van der Waals surface area (Å²) in [6.07, 6.45) is 1.75. The Hall–Kier alpha value is -2.73. The minimum atomic E-state index is -0.571. The zero-order valence-corrected chi connectivity index (χ0v) is 16.4. The third-order valence-electron chi connectivity index (χ3n) is 3.44. The van der Waals surface area contributed by atoms with Crippen LogP contribution in [0.1, 0.15) is 11.1 Å². The number of carbonyl (C=O) groups is 1. The fourth-order valence-corrected chi connectivity index (χ4v) is 3.00. The molecule has 0 bridgehead atoms. The fourth-order valence-electron chi connectivity index (χ4n) is 2.22. The van der Waals surface area contributed by atoms with E-state index in [0.717, 1.165) is 20.4 Å². The molecule has 0 heterocycles. The van der Waals surface area contributed by atoms with Crippen molar-refractivity contribution in [3.63, 3.8) is 0 Å². The van der Waals surface area contributed by atoms with Gasteiger partial charge in [0, 0.05) is 0 Å². The Morgan fingerprint density at radius 2 is 1.92 bits per heavy atom. The van der Waals surface area contributed by atoms with Gasteiger partial charge in [0.25, 0.3) is 5.91 Å². The molecule has 2 N–H and O–H groups in total. The summed E-state index contributed by atoms with van der Waals surface area (Å²) < 4.78 is 16.6. The summed E-state index contributed by atoms with van der Waals surface area (Å²) in [5.74, 6) is 1.04. The summed E-state index contributed by atoms with van der Waals surface area (Å²) in [6.45, 7) is -0.239. The molecule has 6 nitrogen and oxygen atoms in total. The lowest BCUT2D eigenvalue weighted by Crippen LogP contribution is -2.20. The van der Waals surface area contributed by atoms with Gasteiger partial charge < -0.3 is 19.9 Å². The maximum atomic E-state index is 10.9. The number of methoxy groups -OCH3 is 2. The van der Waals surface area contributed by atoms with Gasteiger partial charge in [0.2, 0.25) is 0 Å². The van der Waals surface area contributed by atoms with E-state index in [0.29, 0.717) is 17.1 Å². The minimum Gasteiger partial charge on any atom is -0.497 e. The van der Waals surface area contributed by atoms with Crippen molar-refractivity contribution in [3.05, 3.63) is 51.1 Å². The first kappa shape index (κ1) is 19.6. The van der Waals surface area contributed by atoms with Crippen LogP contribution in [-0.4, -0.2) is 26.7 Å². The van der Waals surface area contributed by atoms with E-state index in [2.05, 4.69) is 28.7 Å². The molecule has 2 aromatic rings. The van der Waals surface area contributed by atoms with E-state index < -0.39 is 5.91 Å². The molecule has 0 saturated heterocycles. The maximum absolute atomic E-state index is 10.9. The lowest BCUT2D eigenvalue weighted by Gasteiger charge is -2.12. The summed E-state index contributed by atoms with van der Waals surface area (Å²) in [5.41, 5.74) is 7.16. The number of rotatable bonds is 7. The average molecular weight is 464 g/mol. The summed E-state index contributed by atoms with van der Waals surface area (Å²) >= 11 is 2.08. The van der Waals surface area contributed by atoms with Gasteiger partial charge in [-0.05, 0) is 76.2 Å². The number of nitrogens with zero attached hydrogens (tertiary/aromatic N) is 1. The molecule has 0 atom stereocenters. The van der Waals surface area contributed by atoms with Gasteiger partial charge in [-0.15, -0.1) is 0 Å². The molecule has 134 valence electrons. The topological polar surface area (TPSA) is 94.6 Å². The van der Waals surface area contributed by atoms with Crippen LogP contribution >= 0.6 is 22.6 Å². The SMILES string of the molecule is COc1ccc(/C(C#N)=C/c2cc(I)c(OCC(N)=O)c(OC)c2)cc1. The van der Waals surface area contributed by atoms with Crippen LogP contribution in [0.3, 0.4) is 0 Å². The number of carbonyl (C=O) groups excluding carboxylic acids is 1. The maximum Gasteiger partial charge on any atom is 0.255 e. The second-order valence-electron chi connectivity index (χ2n) is 5.19. The van der Waals surface area contributed by atoms with Crippen molar-refractivity contribution in [3.8, 4) is 23.3 Å². The molecular weight excluding hydrogens is 447 g/mol. The Labute approximate surface area is 165 Å². The molecule has 26 heavy (non-hydrogen) atoms. The van der Waals surface area contributed by atoms with Crippen LogP contribution in [0.4, 0.5) is 0 Å². The van der Waals surface area contributed by atoms with Crippen molar-refractivity contribution in [2.75, 3.05) is 20.8 Å². The standard InChI is InChI=1S/C19H17IN2O4/c1-24-15-5-3-13(4-6-15)14(10-21)7-12-8-16(20)19(17(9-12)25-2)26-11-18(22)23/h3-9H,11H2,1-2H3,(H2,22,23)/b14-7+. The normalized spacial score (nSPS) is 10.8. The summed E-state index contributed by atoms with van der Waals surface area (Å²) in [6, 6.07) is 13.0. The molecule has 1 amide bonds. The molecule has 0 saturated carbocycles. The lowest BCUT2D eigenvalue weighted by molar-refractivity contribution is -0.119. The Balaban J connectivity index is 2.39. The number of nitriles is 1. The van der Waals surface area contributed by atoms with Gasteiger partial charge in [-0.25, -0.2) is 0 Å². The number of ether oxygens (including phenoxy) is 3. The zero-order valence-electron chi connectivity index (χ0n) is 14.3. The minimum absolute atomic E-state index is 0.239. The highest BCUT2D eigenvalue weighted by Crippen LogP contribution is 2.35. The third kappa shape index (κ3) is 4.89. The Morgan fingerprint density at radius 1 is 1.23 bits per heavy atom. The molecule has 2 rings (SSSR count). The summed E-state index contributed by atoms with van der Waals surface area (Å²) in [5, 5.41) is 9.50. The summed E-state index contributed by atoms with van der Waals surface area (Å²) in [4.78, 5) is 10.9. The predicted molar refractivity (Wildman–Crippen MR) is 107 cm³/mol. The first-order valence-electron chi connectivity index (χ1n) is 7.53. The number of benzene rings is 2. The Morgan fingerprint density at radius 3 is 2.46 bits per heavy atom. The first-order chi connectivity index (χ1) is 12.5. The number of hydrogen-bond acceptors (Lipinski definition) is 5. The molecule has 2 aromatic carbocycles. The number of amides is 1. The lowest BCUT2D eigenvalue weighted by atomic mass is 10.0. The number of primary amides is 1. The van der Waals surface area contributed by atoms with E-state index >= 15 is 0 Å². The quantitative estimate of drug-likeness (QED) is 0.386. The summed E-state index contributed by atoms with van der Waals surface area (Å²) in [7, 11) is 3.09. The number of halogens is 1. The number of hydrogen-bond donors (Lipinski definition) is 1. The van der Waals surface area contributed by atoms with E-state index in [1.807, 2.05) is 18.2 Å². The van der Waals surface area contributed by atoms with Crippen LogP contribution in [0.25, 0.3) is 11.6 Å². The highest BCUT2D eigenvalue weighted by atomic mass is 127. The first-order valence-corrected chi connectivity index (χ1v) is 8.61. The van der Waals surface area contributed by atoms with Crippen LogP contribution < -0.4 is 19.9 Å². The number of nitrogens with two attached hydrogens (primary N) is 1. The molecule has 0 spiro atoms. The van der Waals surface area contributed by atoms with Gasteiger partial charge >= 0.3 is 0 Å². The molecule has 0 unspecified atom stereocenters. The predicted octanol–water partition coefficient (Wildman–Crippen LogP) is 3.24. The molecule has 0 fully saturated rings. The largest absolute Gasteiger partial charge is 0.497 e. The van der Waals surface area contributed by atoms with Crippen molar-refractivity contribution in [2.45, 2.75) is 0 Å². The molecule has 0 aliphatic rings. The van der Waals surface area contributed by atoms with Gasteiger partial charge in [-0.2, -0.15) is 5.26 Å². The van der Waals surface area contributed by atoms with Gasteiger partial charge in [-0.1, -0.05) is 0 Å². The fraction of sp³-hybridized carbons (Fsp3) is 0.158. The van der Waals surface area contributed by atoms with Crippen LogP contribution in [0.15, 0.2) is 36.4 Å². The van der Waals surface area contributed by atoms with Crippen molar-refractivity contribution in [1.29, 1.82) is 5.26 Å². The van der Waals surface area contributed by atoms with Crippen LogP contribution in [0.2, 0.25) is 0 Å². The highest BCUT2D eigenvalue weighted by molar-refractivity contribution is 14.1. The van der Waals surface area contributed by atoms with Crippen molar-refractivity contribution in [2.24, 2.45) is 5.73 Å². The van der Waals surface area contributed by atoms with Gasteiger partial charge in [0.15, 0.2) is 18.1 Å². The van der Waals surface area contributed by atoms with Crippen LogP contribution in [0, 0.1) is 14.9 Å². The molecule has 0 radical (unpaired) electrons. The van der Waals surface area contributed by atoms with Gasteiger partial charge in [0.1, 0.15) is 5.75 Å². The monoisotopic (exact) mass is 464 g/mol. The molecular formula is C19H17IN2O4. The van der Waals surface area contributed by atoms with Crippen LogP contribution in [-0.2, 0) is 4.79 Å². The second-order valence-corrected chi connectivity index (χ2v) is 6.35. The molecule has 0 aliphatic carbocycles. The van der Waals surface area contributed by atoms with Crippen LogP contribution in [0.5, 0.6) is 17.2 Å². The Kier molecular flexibility index (Phi) is 6.86.